The minimum absolute atomic E-state index is 0.128. The number of nitrogens with zero attached hydrogens (tertiary/aromatic N) is 2. The Morgan fingerprint density at radius 3 is 2.40 bits per heavy atom. The summed E-state index contributed by atoms with van der Waals surface area (Å²) in [6.45, 7) is 4.25. The first kappa shape index (κ1) is 10.1. The SMILES string of the molecule is CC(C)(c1ccccc1)c1nc(N)ns1. The highest BCUT2D eigenvalue weighted by Gasteiger charge is 2.26. The van der Waals surface area contributed by atoms with Gasteiger partial charge >= 0.3 is 0 Å². The monoisotopic (exact) mass is 219 g/mol. The molecule has 1 aromatic heterocycles. The van der Waals surface area contributed by atoms with E-state index in [4.69, 9.17) is 5.73 Å². The van der Waals surface area contributed by atoms with E-state index in [-0.39, 0.29) is 5.41 Å². The lowest BCUT2D eigenvalue weighted by atomic mass is 9.85. The second-order valence-corrected chi connectivity index (χ2v) is 4.70. The maximum Gasteiger partial charge on any atom is 0.232 e. The van der Waals surface area contributed by atoms with Crippen LogP contribution in [0.15, 0.2) is 30.3 Å². The maximum atomic E-state index is 5.54. The average Bonchev–Trinajstić information content (AvgIpc) is 2.67. The fourth-order valence-corrected chi connectivity index (χ4v) is 2.17. The highest BCUT2D eigenvalue weighted by Crippen LogP contribution is 2.32. The first-order valence-electron chi connectivity index (χ1n) is 4.76. The number of nitrogens with two attached hydrogens (primary N) is 1. The number of benzene rings is 1. The van der Waals surface area contributed by atoms with E-state index in [1.165, 1.54) is 17.1 Å². The minimum atomic E-state index is -0.128. The molecule has 15 heavy (non-hydrogen) atoms. The fraction of sp³-hybridized carbons (Fsp3) is 0.273. The van der Waals surface area contributed by atoms with Crippen molar-refractivity contribution >= 4 is 17.5 Å². The summed E-state index contributed by atoms with van der Waals surface area (Å²) in [6.07, 6.45) is 0. The molecule has 78 valence electrons. The molecule has 0 unspecified atom stereocenters. The second kappa shape index (κ2) is 3.62. The molecule has 0 aliphatic carbocycles. The van der Waals surface area contributed by atoms with Crippen molar-refractivity contribution in [2.24, 2.45) is 0 Å². The van der Waals surface area contributed by atoms with E-state index < -0.39 is 0 Å². The number of anilines is 1. The highest BCUT2D eigenvalue weighted by atomic mass is 32.1. The van der Waals surface area contributed by atoms with Crippen LogP contribution in [0.2, 0.25) is 0 Å². The predicted octanol–water partition coefficient (Wildman–Crippen LogP) is 2.45. The van der Waals surface area contributed by atoms with Crippen molar-refractivity contribution in [2.45, 2.75) is 19.3 Å². The van der Waals surface area contributed by atoms with Gasteiger partial charge in [0.05, 0.1) is 0 Å². The molecule has 1 aromatic carbocycles. The molecule has 0 amide bonds. The summed E-state index contributed by atoms with van der Waals surface area (Å²) in [4.78, 5) is 4.24. The molecule has 0 radical (unpaired) electrons. The molecular formula is C11H13N3S. The van der Waals surface area contributed by atoms with Crippen LogP contribution in [-0.4, -0.2) is 9.36 Å². The van der Waals surface area contributed by atoms with E-state index in [0.717, 1.165) is 5.01 Å². The third-order valence-corrected chi connectivity index (χ3v) is 3.52. The van der Waals surface area contributed by atoms with Crippen LogP contribution in [0.5, 0.6) is 0 Å². The minimum Gasteiger partial charge on any atom is -0.367 e. The summed E-state index contributed by atoms with van der Waals surface area (Å²) in [6, 6.07) is 10.3. The lowest BCUT2D eigenvalue weighted by Crippen LogP contribution is -2.18. The molecule has 2 N–H and O–H groups in total. The second-order valence-electron chi connectivity index (χ2n) is 3.95. The van der Waals surface area contributed by atoms with Gasteiger partial charge in [-0.2, -0.15) is 4.37 Å². The summed E-state index contributed by atoms with van der Waals surface area (Å²) in [7, 11) is 0. The van der Waals surface area contributed by atoms with Crippen molar-refractivity contribution in [3.8, 4) is 0 Å². The van der Waals surface area contributed by atoms with Crippen molar-refractivity contribution in [3.63, 3.8) is 0 Å². The molecule has 3 nitrogen and oxygen atoms in total. The Bertz CT molecular complexity index is 448. The Labute approximate surface area is 93.1 Å². The van der Waals surface area contributed by atoms with Crippen LogP contribution >= 0.6 is 11.5 Å². The number of rotatable bonds is 2. The Kier molecular flexibility index (Phi) is 2.44. The fourth-order valence-electron chi connectivity index (χ4n) is 1.47. The van der Waals surface area contributed by atoms with E-state index in [2.05, 4.69) is 35.3 Å². The molecule has 0 saturated carbocycles. The Hall–Kier alpha value is -1.42. The molecule has 0 saturated heterocycles. The van der Waals surface area contributed by atoms with Gasteiger partial charge in [-0.15, -0.1) is 0 Å². The Morgan fingerprint density at radius 2 is 1.87 bits per heavy atom. The molecule has 1 heterocycles. The summed E-state index contributed by atoms with van der Waals surface area (Å²) >= 11 is 1.37. The van der Waals surface area contributed by atoms with Crippen molar-refractivity contribution in [1.29, 1.82) is 0 Å². The topological polar surface area (TPSA) is 51.8 Å². The molecule has 0 spiro atoms. The Balaban J connectivity index is 2.43. The lowest BCUT2D eigenvalue weighted by Gasteiger charge is -2.21. The highest BCUT2D eigenvalue weighted by molar-refractivity contribution is 7.05. The van der Waals surface area contributed by atoms with Gasteiger partial charge in [0.2, 0.25) is 5.95 Å². The first-order chi connectivity index (χ1) is 7.10. The molecule has 0 aliphatic rings. The first-order valence-corrected chi connectivity index (χ1v) is 5.53. The Morgan fingerprint density at radius 1 is 1.20 bits per heavy atom. The standard InChI is InChI=1S/C11H13N3S/c1-11(2,8-6-4-3-5-7-8)9-13-10(12)14-15-9/h3-7H,1-2H3,(H2,12,14). The van der Waals surface area contributed by atoms with Gasteiger partial charge in [-0.1, -0.05) is 30.3 Å². The molecule has 0 bridgehead atoms. The van der Waals surface area contributed by atoms with E-state index in [1.807, 2.05) is 18.2 Å². The van der Waals surface area contributed by atoms with Gasteiger partial charge in [-0.05, 0) is 30.9 Å². The summed E-state index contributed by atoms with van der Waals surface area (Å²) < 4.78 is 4.02. The lowest BCUT2D eigenvalue weighted by molar-refractivity contribution is 0.636. The van der Waals surface area contributed by atoms with Gasteiger partial charge in [-0.25, -0.2) is 4.98 Å². The maximum absolute atomic E-state index is 5.54. The molecule has 0 fully saturated rings. The van der Waals surface area contributed by atoms with Gasteiger partial charge in [0, 0.05) is 5.41 Å². The largest absolute Gasteiger partial charge is 0.367 e. The third kappa shape index (κ3) is 1.85. The van der Waals surface area contributed by atoms with Gasteiger partial charge in [0.15, 0.2) is 0 Å². The van der Waals surface area contributed by atoms with Gasteiger partial charge in [0.1, 0.15) is 5.01 Å². The molecule has 4 heteroatoms. The average molecular weight is 219 g/mol. The van der Waals surface area contributed by atoms with E-state index in [9.17, 15) is 0 Å². The van der Waals surface area contributed by atoms with E-state index in [1.54, 1.807) is 0 Å². The zero-order chi connectivity index (χ0) is 10.9. The molecular weight excluding hydrogens is 206 g/mol. The number of hydrogen-bond acceptors (Lipinski definition) is 4. The van der Waals surface area contributed by atoms with Crippen LogP contribution in [0.4, 0.5) is 5.95 Å². The smallest absolute Gasteiger partial charge is 0.232 e. The number of hydrogen-bond donors (Lipinski definition) is 1. The van der Waals surface area contributed by atoms with Crippen LogP contribution in [0.3, 0.4) is 0 Å². The predicted molar refractivity (Wildman–Crippen MR) is 62.9 cm³/mol. The quantitative estimate of drug-likeness (QED) is 0.844. The van der Waals surface area contributed by atoms with Gasteiger partial charge in [-0.3, -0.25) is 0 Å². The van der Waals surface area contributed by atoms with Gasteiger partial charge < -0.3 is 5.73 Å². The zero-order valence-electron chi connectivity index (χ0n) is 8.77. The van der Waals surface area contributed by atoms with Crippen LogP contribution in [0.1, 0.15) is 24.4 Å². The summed E-state index contributed by atoms with van der Waals surface area (Å²) in [5.74, 6) is 0.360. The van der Waals surface area contributed by atoms with Crippen LogP contribution in [0, 0.1) is 0 Å². The zero-order valence-corrected chi connectivity index (χ0v) is 9.58. The van der Waals surface area contributed by atoms with Crippen molar-refractivity contribution < 1.29 is 0 Å². The van der Waals surface area contributed by atoms with Crippen molar-refractivity contribution in [3.05, 3.63) is 40.9 Å². The summed E-state index contributed by atoms with van der Waals surface area (Å²) in [5, 5.41) is 0.950. The van der Waals surface area contributed by atoms with Crippen LogP contribution < -0.4 is 5.73 Å². The number of aromatic nitrogens is 2. The third-order valence-electron chi connectivity index (χ3n) is 2.47. The summed E-state index contributed by atoms with van der Waals surface area (Å²) in [5.41, 5.74) is 6.64. The molecule has 0 aliphatic heterocycles. The number of nitrogen functional groups attached to an aromatic ring is 1. The van der Waals surface area contributed by atoms with Crippen molar-refractivity contribution in [2.75, 3.05) is 5.73 Å². The molecule has 2 aromatic rings. The van der Waals surface area contributed by atoms with Crippen LogP contribution in [0.25, 0.3) is 0 Å². The van der Waals surface area contributed by atoms with E-state index >= 15 is 0 Å². The molecule has 0 atom stereocenters. The van der Waals surface area contributed by atoms with Gasteiger partial charge in [0.25, 0.3) is 0 Å². The normalized spacial score (nSPS) is 11.6. The molecule has 2 rings (SSSR count). The van der Waals surface area contributed by atoms with Crippen molar-refractivity contribution in [1.82, 2.24) is 9.36 Å². The van der Waals surface area contributed by atoms with Crippen LogP contribution in [-0.2, 0) is 5.41 Å². The van der Waals surface area contributed by atoms with E-state index in [0.29, 0.717) is 5.95 Å².